The maximum Gasteiger partial charge on any atom is 0.258 e. The lowest BCUT2D eigenvalue weighted by molar-refractivity contribution is -0.0468. The normalized spacial score (nSPS) is 20.8. The lowest BCUT2D eigenvalue weighted by Gasteiger charge is -2.40. The Morgan fingerprint density at radius 2 is 2.20 bits per heavy atom. The summed E-state index contributed by atoms with van der Waals surface area (Å²) in [6.07, 6.45) is 5.62. The highest BCUT2D eigenvalue weighted by molar-refractivity contribution is 5.59. The Hall–Kier alpha value is -2.74. The molecule has 1 aliphatic rings. The minimum absolute atomic E-state index is 0.425. The lowest BCUT2D eigenvalue weighted by Crippen LogP contribution is -2.48. The molecule has 1 saturated heterocycles. The standard InChI is InChI=1S/C17H20N6O2/c1-12-20-16(25-21-12)13-4-5-18-15(8-13)23-6-7-24-17(2,11-23)14-9-19-22(3)10-14/h4-5,8-10H,6-7,11H2,1-3H3. The van der Waals surface area contributed by atoms with Crippen molar-refractivity contribution in [3.63, 3.8) is 0 Å². The molecule has 1 aliphatic heterocycles. The summed E-state index contributed by atoms with van der Waals surface area (Å²) < 4.78 is 13.1. The highest BCUT2D eigenvalue weighted by atomic mass is 16.5. The van der Waals surface area contributed by atoms with E-state index in [9.17, 15) is 0 Å². The van der Waals surface area contributed by atoms with Gasteiger partial charge in [-0.05, 0) is 26.0 Å². The number of rotatable bonds is 3. The molecule has 0 spiro atoms. The van der Waals surface area contributed by atoms with Crippen LogP contribution < -0.4 is 4.90 Å². The molecule has 1 fully saturated rings. The first-order chi connectivity index (χ1) is 12.0. The zero-order valence-electron chi connectivity index (χ0n) is 14.5. The summed E-state index contributed by atoms with van der Waals surface area (Å²) in [6, 6.07) is 3.85. The molecule has 4 heterocycles. The summed E-state index contributed by atoms with van der Waals surface area (Å²) in [7, 11) is 1.91. The van der Waals surface area contributed by atoms with E-state index in [4.69, 9.17) is 9.26 Å². The van der Waals surface area contributed by atoms with Crippen LogP contribution in [0.1, 0.15) is 18.3 Å². The zero-order chi connectivity index (χ0) is 17.4. The van der Waals surface area contributed by atoms with E-state index in [0.717, 1.165) is 23.5 Å². The Morgan fingerprint density at radius 3 is 2.92 bits per heavy atom. The van der Waals surface area contributed by atoms with E-state index in [1.54, 1.807) is 17.8 Å². The molecular weight excluding hydrogens is 320 g/mol. The second kappa shape index (κ2) is 5.96. The van der Waals surface area contributed by atoms with Gasteiger partial charge in [-0.15, -0.1) is 0 Å². The van der Waals surface area contributed by atoms with Crippen LogP contribution in [-0.4, -0.2) is 44.6 Å². The summed E-state index contributed by atoms with van der Waals surface area (Å²) >= 11 is 0. The maximum absolute atomic E-state index is 6.07. The zero-order valence-corrected chi connectivity index (χ0v) is 14.5. The van der Waals surface area contributed by atoms with Crippen LogP contribution in [0.4, 0.5) is 5.82 Å². The number of morpholine rings is 1. The quantitative estimate of drug-likeness (QED) is 0.720. The largest absolute Gasteiger partial charge is 0.367 e. The molecule has 3 aromatic heterocycles. The van der Waals surface area contributed by atoms with Crippen molar-refractivity contribution in [1.82, 2.24) is 24.9 Å². The van der Waals surface area contributed by atoms with Gasteiger partial charge in [0.2, 0.25) is 0 Å². The summed E-state index contributed by atoms with van der Waals surface area (Å²) in [5.74, 6) is 1.99. The van der Waals surface area contributed by atoms with Gasteiger partial charge >= 0.3 is 0 Å². The SMILES string of the molecule is Cc1noc(-c2ccnc(N3CCOC(C)(c4cnn(C)c4)C3)c2)n1. The molecule has 0 bridgehead atoms. The summed E-state index contributed by atoms with van der Waals surface area (Å²) in [5, 5.41) is 8.12. The van der Waals surface area contributed by atoms with Crippen LogP contribution in [0.15, 0.2) is 35.2 Å². The van der Waals surface area contributed by atoms with Crippen LogP contribution in [0.2, 0.25) is 0 Å². The molecule has 1 unspecified atom stereocenters. The predicted octanol–water partition coefficient (Wildman–Crippen LogP) is 1.93. The van der Waals surface area contributed by atoms with Gasteiger partial charge in [-0.2, -0.15) is 10.1 Å². The number of anilines is 1. The van der Waals surface area contributed by atoms with Crippen LogP contribution in [0.25, 0.3) is 11.5 Å². The Morgan fingerprint density at radius 1 is 1.32 bits per heavy atom. The minimum Gasteiger partial charge on any atom is -0.367 e. The van der Waals surface area contributed by atoms with Crippen molar-refractivity contribution in [2.24, 2.45) is 7.05 Å². The summed E-state index contributed by atoms with van der Waals surface area (Å²) in [4.78, 5) is 11.0. The number of ether oxygens (including phenoxy) is 1. The Balaban J connectivity index is 1.61. The molecule has 0 amide bonds. The maximum atomic E-state index is 6.07. The molecule has 8 nitrogen and oxygen atoms in total. The number of pyridine rings is 1. The topological polar surface area (TPSA) is 82.1 Å². The lowest BCUT2D eigenvalue weighted by atomic mass is 9.97. The van der Waals surface area contributed by atoms with Gasteiger partial charge in [-0.25, -0.2) is 4.98 Å². The molecule has 0 radical (unpaired) electrons. The van der Waals surface area contributed by atoms with E-state index in [-0.39, 0.29) is 0 Å². The highest BCUT2D eigenvalue weighted by Crippen LogP contribution is 2.31. The van der Waals surface area contributed by atoms with E-state index in [2.05, 4.69) is 32.0 Å². The first-order valence-corrected chi connectivity index (χ1v) is 8.18. The average molecular weight is 340 g/mol. The fourth-order valence-electron chi connectivity index (χ4n) is 3.07. The first kappa shape index (κ1) is 15.8. The van der Waals surface area contributed by atoms with E-state index < -0.39 is 5.60 Å². The molecule has 4 rings (SSSR count). The molecule has 8 heteroatoms. The molecule has 130 valence electrons. The van der Waals surface area contributed by atoms with Gasteiger partial charge < -0.3 is 14.2 Å². The van der Waals surface area contributed by atoms with Crippen molar-refractivity contribution < 1.29 is 9.26 Å². The third-order valence-electron chi connectivity index (χ3n) is 4.43. The number of aromatic nitrogens is 5. The van der Waals surface area contributed by atoms with Crippen LogP contribution in [0.3, 0.4) is 0 Å². The Kier molecular flexibility index (Phi) is 3.76. The van der Waals surface area contributed by atoms with E-state index in [1.807, 2.05) is 31.6 Å². The molecule has 25 heavy (non-hydrogen) atoms. The second-order valence-corrected chi connectivity index (χ2v) is 6.45. The fraction of sp³-hybridized carbons (Fsp3) is 0.412. The number of hydrogen-bond donors (Lipinski definition) is 0. The van der Waals surface area contributed by atoms with Gasteiger partial charge in [-0.3, -0.25) is 4.68 Å². The Bertz CT molecular complexity index is 889. The minimum atomic E-state index is -0.425. The highest BCUT2D eigenvalue weighted by Gasteiger charge is 2.35. The van der Waals surface area contributed by atoms with Crippen LogP contribution >= 0.6 is 0 Å². The van der Waals surface area contributed by atoms with Gasteiger partial charge in [0.25, 0.3) is 5.89 Å². The second-order valence-electron chi connectivity index (χ2n) is 6.45. The number of aryl methyl sites for hydroxylation is 2. The molecule has 0 aromatic carbocycles. The fourth-order valence-corrected chi connectivity index (χ4v) is 3.07. The molecule has 1 atom stereocenters. The number of nitrogens with zero attached hydrogens (tertiary/aromatic N) is 6. The average Bonchev–Trinajstić information content (AvgIpc) is 3.24. The van der Waals surface area contributed by atoms with E-state index in [0.29, 0.717) is 24.9 Å². The first-order valence-electron chi connectivity index (χ1n) is 8.18. The van der Waals surface area contributed by atoms with E-state index in [1.165, 1.54) is 0 Å². The molecule has 0 N–H and O–H groups in total. The monoisotopic (exact) mass is 340 g/mol. The van der Waals surface area contributed by atoms with Gasteiger partial charge in [0.1, 0.15) is 11.4 Å². The summed E-state index contributed by atoms with van der Waals surface area (Å²) in [5.41, 5.74) is 1.49. The third kappa shape index (κ3) is 3.00. The van der Waals surface area contributed by atoms with Crippen molar-refractivity contribution >= 4 is 5.82 Å². The van der Waals surface area contributed by atoms with Crippen molar-refractivity contribution in [1.29, 1.82) is 0 Å². The van der Waals surface area contributed by atoms with Crippen LogP contribution in [0, 0.1) is 6.92 Å². The van der Waals surface area contributed by atoms with Crippen molar-refractivity contribution in [2.45, 2.75) is 19.4 Å². The van der Waals surface area contributed by atoms with Crippen molar-refractivity contribution in [2.75, 3.05) is 24.6 Å². The molecule has 0 aliphatic carbocycles. The van der Waals surface area contributed by atoms with E-state index >= 15 is 0 Å². The van der Waals surface area contributed by atoms with Gasteiger partial charge in [0.05, 0.1) is 19.3 Å². The van der Waals surface area contributed by atoms with Crippen molar-refractivity contribution in [3.8, 4) is 11.5 Å². The van der Waals surface area contributed by atoms with Crippen LogP contribution in [0.5, 0.6) is 0 Å². The smallest absolute Gasteiger partial charge is 0.258 e. The van der Waals surface area contributed by atoms with Gasteiger partial charge in [-0.1, -0.05) is 5.16 Å². The van der Waals surface area contributed by atoms with Gasteiger partial charge in [0, 0.05) is 37.1 Å². The van der Waals surface area contributed by atoms with Gasteiger partial charge in [0.15, 0.2) is 5.82 Å². The molecular formula is C17H20N6O2. The number of hydrogen-bond acceptors (Lipinski definition) is 7. The third-order valence-corrected chi connectivity index (χ3v) is 4.43. The predicted molar refractivity (Wildman–Crippen MR) is 91.0 cm³/mol. The summed E-state index contributed by atoms with van der Waals surface area (Å²) in [6.45, 7) is 5.97. The molecule has 3 aromatic rings. The Labute approximate surface area is 145 Å². The van der Waals surface area contributed by atoms with Crippen LogP contribution in [-0.2, 0) is 17.4 Å². The molecule has 0 saturated carbocycles. The van der Waals surface area contributed by atoms with Crippen molar-refractivity contribution in [3.05, 3.63) is 42.1 Å².